The molecule has 0 heterocycles. The second kappa shape index (κ2) is 4.53. The topological polar surface area (TPSA) is 75.4 Å². The van der Waals surface area contributed by atoms with Gasteiger partial charge in [0.25, 0.3) is 5.91 Å². The molecule has 0 radical (unpaired) electrons. The zero-order valence-corrected chi connectivity index (χ0v) is 9.67. The third kappa shape index (κ3) is 2.03. The number of aliphatic hydroxyl groups is 1. The van der Waals surface area contributed by atoms with Crippen molar-refractivity contribution in [3.8, 4) is 0 Å². The first-order chi connectivity index (χ1) is 8.49. The van der Waals surface area contributed by atoms with Crippen molar-refractivity contribution in [2.24, 2.45) is 0 Å². The molecule has 4 nitrogen and oxygen atoms in total. The number of hydrogen-bond donors (Lipinski definition) is 3. The highest BCUT2D eigenvalue weighted by Crippen LogP contribution is 2.32. The second-order valence-electron chi connectivity index (χ2n) is 4.57. The maximum absolute atomic E-state index is 13.6. The molecule has 0 aromatic heterocycles. The van der Waals surface area contributed by atoms with E-state index in [0.717, 1.165) is 18.6 Å². The maximum atomic E-state index is 13.6. The fourth-order valence-electron chi connectivity index (χ4n) is 2.01. The number of nitrogens with two attached hydrogens (primary N) is 1. The average molecular weight is 256 g/mol. The van der Waals surface area contributed by atoms with Crippen molar-refractivity contribution >= 4 is 11.6 Å². The van der Waals surface area contributed by atoms with Crippen LogP contribution in [-0.4, -0.2) is 23.2 Å². The molecule has 1 aromatic rings. The van der Waals surface area contributed by atoms with E-state index >= 15 is 0 Å². The summed E-state index contributed by atoms with van der Waals surface area (Å²) in [6.45, 7) is -0.246. The van der Waals surface area contributed by atoms with E-state index in [1.54, 1.807) is 0 Å². The van der Waals surface area contributed by atoms with Gasteiger partial charge in [-0.3, -0.25) is 4.79 Å². The second-order valence-corrected chi connectivity index (χ2v) is 4.57. The first-order valence-electron chi connectivity index (χ1n) is 5.66. The summed E-state index contributed by atoms with van der Waals surface area (Å²) in [4.78, 5) is 11.8. The third-order valence-electron chi connectivity index (χ3n) is 3.34. The molecule has 0 aliphatic heterocycles. The van der Waals surface area contributed by atoms with Gasteiger partial charge in [-0.25, -0.2) is 8.78 Å². The van der Waals surface area contributed by atoms with Crippen LogP contribution >= 0.6 is 0 Å². The van der Waals surface area contributed by atoms with E-state index in [1.165, 1.54) is 0 Å². The Morgan fingerprint density at radius 2 is 2.11 bits per heavy atom. The lowest BCUT2D eigenvalue weighted by Crippen LogP contribution is -2.56. The SMILES string of the molecule is Nc1ccc(F)c(C(=O)NC2(CO)CCC2)c1F. The summed E-state index contributed by atoms with van der Waals surface area (Å²) in [5.41, 5.74) is 3.57. The number of benzene rings is 1. The number of nitrogens with one attached hydrogen (secondary N) is 1. The van der Waals surface area contributed by atoms with Gasteiger partial charge >= 0.3 is 0 Å². The largest absolute Gasteiger partial charge is 0.396 e. The molecule has 98 valence electrons. The van der Waals surface area contributed by atoms with Crippen LogP contribution in [0.15, 0.2) is 12.1 Å². The molecule has 1 saturated carbocycles. The molecule has 0 bridgehead atoms. The average Bonchev–Trinajstić information content (AvgIpc) is 2.29. The lowest BCUT2D eigenvalue weighted by molar-refractivity contribution is 0.0635. The molecule has 4 N–H and O–H groups in total. The number of carbonyl (C=O) groups is 1. The van der Waals surface area contributed by atoms with Crippen LogP contribution in [0.3, 0.4) is 0 Å². The minimum absolute atomic E-state index is 0.246. The summed E-state index contributed by atoms with van der Waals surface area (Å²) in [5.74, 6) is -2.92. The summed E-state index contributed by atoms with van der Waals surface area (Å²) in [7, 11) is 0. The maximum Gasteiger partial charge on any atom is 0.257 e. The Morgan fingerprint density at radius 1 is 1.44 bits per heavy atom. The Kier molecular flexibility index (Phi) is 3.21. The van der Waals surface area contributed by atoms with Crippen LogP contribution in [0.4, 0.5) is 14.5 Å². The van der Waals surface area contributed by atoms with E-state index in [2.05, 4.69) is 5.32 Å². The molecule has 0 atom stereocenters. The van der Waals surface area contributed by atoms with Gasteiger partial charge in [0.15, 0.2) is 5.82 Å². The number of aliphatic hydroxyl groups excluding tert-OH is 1. The molecule has 2 rings (SSSR count). The summed E-state index contributed by atoms with van der Waals surface area (Å²) >= 11 is 0. The van der Waals surface area contributed by atoms with E-state index in [1.807, 2.05) is 0 Å². The Labute approximate surface area is 103 Å². The number of rotatable bonds is 3. The van der Waals surface area contributed by atoms with Crippen LogP contribution in [0.5, 0.6) is 0 Å². The van der Waals surface area contributed by atoms with Gasteiger partial charge in [0.05, 0.1) is 17.8 Å². The Balaban J connectivity index is 2.26. The van der Waals surface area contributed by atoms with Crippen LogP contribution in [0, 0.1) is 11.6 Å². The minimum atomic E-state index is -1.07. The predicted molar refractivity (Wildman–Crippen MR) is 61.9 cm³/mol. The smallest absolute Gasteiger partial charge is 0.257 e. The van der Waals surface area contributed by atoms with Crippen molar-refractivity contribution in [3.05, 3.63) is 29.3 Å². The van der Waals surface area contributed by atoms with Crippen molar-refractivity contribution in [2.75, 3.05) is 12.3 Å². The molecule has 1 aliphatic carbocycles. The van der Waals surface area contributed by atoms with Gasteiger partial charge in [0, 0.05) is 0 Å². The predicted octanol–water partition coefficient (Wildman–Crippen LogP) is 1.19. The first-order valence-corrected chi connectivity index (χ1v) is 5.66. The number of nitrogen functional groups attached to an aromatic ring is 1. The normalized spacial score (nSPS) is 17.1. The van der Waals surface area contributed by atoms with Gasteiger partial charge in [-0.15, -0.1) is 0 Å². The molecule has 1 aliphatic rings. The van der Waals surface area contributed by atoms with E-state index in [9.17, 15) is 18.7 Å². The number of amides is 1. The van der Waals surface area contributed by atoms with Crippen molar-refractivity contribution in [1.82, 2.24) is 5.32 Å². The van der Waals surface area contributed by atoms with Crippen LogP contribution < -0.4 is 11.1 Å². The van der Waals surface area contributed by atoms with Crippen molar-refractivity contribution in [2.45, 2.75) is 24.8 Å². The number of carbonyl (C=O) groups excluding carboxylic acids is 1. The van der Waals surface area contributed by atoms with Gasteiger partial charge in [0.2, 0.25) is 0 Å². The molecule has 1 amide bonds. The number of hydrogen-bond acceptors (Lipinski definition) is 3. The van der Waals surface area contributed by atoms with Crippen molar-refractivity contribution in [3.63, 3.8) is 0 Å². The molecule has 1 aromatic carbocycles. The van der Waals surface area contributed by atoms with E-state index in [4.69, 9.17) is 5.73 Å². The fraction of sp³-hybridized carbons (Fsp3) is 0.417. The van der Waals surface area contributed by atoms with Gasteiger partial charge in [0.1, 0.15) is 11.4 Å². The van der Waals surface area contributed by atoms with Gasteiger partial charge in [-0.2, -0.15) is 0 Å². The molecular formula is C12H14F2N2O2. The molecular weight excluding hydrogens is 242 g/mol. The van der Waals surface area contributed by atoms with Crippen LogP contribution in [0.1, 0.15) is 29.6 Å². The monoisotopic (exact) mass is 256 g/mol. The molecule has 0 saturated heterocycles. The zero-order valence-electron chi connectivity index (χ0n) is 9.67. The lowest BCUT2D eigenvalue weighted by atomic mass is 9.77. The van der Waals surface area contributed by atoms with E-state index in [-0.39, 0.29) is 12.3 Å². The zero-order chi connectivity index (χ0) is 13.3. The van der Waals surface area contributed by atoms with Gasteiger partial charge in [-0.05, 0) is 31.4 Å². The minimum Gasteiger partial charge on any atom is -0.396 e. The molecule has 1 fully saturated rings. The lowest BCUT2D eigenvalue weighted by Gasteiger charge is -2.40. The third-order valence-corrected chi connectivity index (χ3v) is 3.34. The Morgan fingerprint density at radius 3 is 2.61 bits per heavy atom. The molecule has 6 heteroatoms. The Hall–Kier alpha value is -1.69. The summed E-state index contributed by atoms with van der Waals surface area (Å²) in [6.07, 6.45) is 2.06. The fourth-order valence-corrected chi connectivity index (χ4v) is 2.01. The molecule has 0 spiro atoms. The van der Waals surface area contributed by atoms with Gasteiger partial charge < -0.3 is 16.2 Å². The number of anilines is 1. The van der Waals surface area contributed by atoms with Crippen LogP contribution in [0.2, 0.25) is 0 Å². The summed E-state index contributed by atoms with van der Waals surface area (Å²) in [5, 5.41) is 11.7. The van der Waals surface area contributed by atoms with Crippen molar-refractivity contribution in [1.29, 1.82) is 0 Å². The summed E-state index contributed by atoms with van der Waals surface area (Å²) < 4.78 is 27.1. The highest BCUT2D eigenvalue weighted by atomic mass is 19.1. The van der Waals surface area contributed by atoms with E-state index in [0.29, 0.717) is 12.8 Å². The summed E-state index contributed by atoms with van der Waals surface area (Å²) in [6, 6.07) is 2.01. The molecule has 0 unspecified atom stereocenters. The Bertz CT molecular complexity index is 482. The standard InChI is InChI=1S/C12H14F2N2O2/c13-7-2-3-8(15)10(14)9(7)11(18)16-12(6-17)4-1-5-12/h2-3,17H,1,4-6,15H2,(H,16,18). The number of halogens is 2. The van der Waals surface area contributed by atoms with Crippen LogP contribution in [0.25, 0.3) is 0 Å². The van der Waals surface area contributed by atoms with Gasteiger partial charge in [-0.1, -0.05) is 0 Å². The van der Waals surface area contributed by atoms with Crippen LogP contribution in [-0.2, 0) is 0 Å². The quantitative estimate of drug-likeness (QED) is 0.711. The highest BCUT2D eigenvalue weighted by molar-refractivity contribution is 5.96. The van der Waals surface area contributed by atoms with Crippen molar-refractivity contribution < 1.29 is 18.7 Å². The molecule has 18 heavy (non-hydrogen) atoms. The van der Waals surface area contributed by atoms with E-state index < -0.39 is 28.6 Å². The highest BCUT2D eigenvalue weighted by Gasteiger charge is 2.38. The first kappa shape index (κ1) is 12.8.